The third-order valence-corrected chi connectivity index (χ3v) is 6.46. The van der Waals surface area contributed by atoms with Crippen molar-refractivity contribution >= 4 is 39.3 Å². The third kappa shape index (κ3) is 4.36. The fourth-order valence-corrected chi connectivity index (χ4v) is 4.70. The minimum Gasteiger partial charge on any atom is -0.488 e. The molecule has 1 aliphatic heterocycles. The van der Waals surface area contributed by atoms with Gasteiger partial charge in [-0.3, -0.25) is 14.4 Å². The van der Waals surface area contributed by atoms with Crippen LogP contribution in [-0.2, 0) is 20.9 Å². The zero-order valence-corrected chi connectivity index (χ0v) is 20.8. The van der Waals surface area contributed by atoms with Crippen LogP contribution in [0.3, 0.4) is 0 Å². The van der Waals surface area contributed by atoms with Gasteiger partial charge >= 0.3 is 5.97 Å². The highest BCUT2D eigenvalue weighted by molar-refractivity contribution is 6.20. The molecule has 8 heteroatoms. The smallest absolute Gasteiger partial charge is 0.329 e. The quantitative estimate of drug-likeness (QED) is 0.296. The van der Waals surface area contributed by atoms with Crippen LogP contribution in [0.1, 0.15) is 38.8 Å². The number of rotatable bonds is 7. The number of Topliss-reactive ketones (excluding diaryl/α,β-unsaturated/α-hetero) is 1. The number of hydroxylamine groups is 1. The van der Waals surface area contributed by atoms with Gasteiger partial charge in [0, 0.05) is 42.6 Å². The largest absolute Gasteiger partial charge is 0.488 e. The predicted molar refractivity (Wildman–Crippen MR) is 139 cm³/mol. The second-order valence-electron chi connectivity index (χ2n) is 8.81. The number of aryl methyl sites for hydroxylation is 1. The number of methoxy groups -OCH3 is 1. The SMILES string of the molecule is COCCn1c2ccc(C(=O)c3ccccc3C)cc2c2c3c(ccc21)C(=O)C(NOC(C)=O)=CCO3. The number of hydrogen-bond acceptors (Lipinski definition) is 7. The molecule has 1 N–H and O–H groups in total. The zero-order valence-electron chi connectivity index (χ0n) is 20.8. The molecule has 0 amide bonds. The molecule has 0 aliphatic carbocycles. The van der Waals surface area contributed by atoms with E-state index in [1.165, 1.54) is 13.0 Å². The maximum Gasteiger partial charge on any atom is 0.329 e. The fraction of sp³-hybridized carbons (Fsp3) is 0.207. The first kappa shape index (κ1) is 24.3. The first-order valence-electron chi connectivity index (χ1n) is 11.9. The highest BCUT2D eigenvalue weighted by Crippen LogP contribution is 2.40. The number of fused-ring (bicyclic) bond motifs is 5. The van der Waals surface area contributed by atoms with Crippen molar-refractivity contribution in [1.29, 1.82) is 0 Å². The lowest BCUT2D eigenvalue weighted by Gasteiger charge is -2.11. The summed E-state index contributed by atoms with van der Waals surface area (Å²) in [6, 6.07) is 16.7. The van der Waals surface area contributed by atoms with Crippen LogP contribution < -0.4 is 10.2 Å². The van der Waals surface area contributed by atoms with Crippen molar-refractivity contribution in [3.05, 3.63) is 88.6 Å². The molecule has 37 heavy (non-hydrogen) atoms. The molecule has 1 aromatic heterocycles. The van der Waals surface area contributed by atoms with Gasteiger partial charge in [0.15, 0.2) is 5.78 Å². The summed E-state index contributed by atoms with van der Waals surface area (Å²) in [7, 11) is 1.64. The van der Waals surface area contributed by atoms with E-state index in [2.05, 4.69) is 10.0 Å². The van der Waals surface area contributed by atoms with Crippen molar-refractivity contribution in [2.24, 2.45) is 0 Å². The van der Waals surface area contributed by atoms with Gasteiger partial charge in [-0.1, -0.05) is 24.3 Å². The standard InChI is InChI=1S/C29H26N2O6/c1-17-6-4-5-7-20(17)27(33)19-8-10-24-22(16-19)26-25(31(24)13-15-35-3)11-9-21-28(34)23(30-37-18(2)32)12-14-36-29(21)26/h4-12,16,30H,13-15H2,1-3H3. The van der Waals surface area contributed by atoms with E-state index in [1.54, 1.807) is 13.2 Å². The Labute approximate surface area is 213 Å². The number of ether oxygens (including phenoxy) is 2. The summed E-state index contributed by atoms with van der Waals surface area (Å²) in [5, 5.41) is 1.53. The zero-order chi connectivity index (χ0) is 26.1. The lowest BCUT2D eigenvalue weighted by atomic mass is 9.97. The van der Waals surface area contributed by atoms with Crippen molar-refractivity contribution < 1.29 is 28.7 Å². The summed E-state index contributed by atoms with van der Waals surface area (Å²) < 4.78 is 13.5. The van der Waals surface area contributed by atoms with E-state index in [-0.39, 0.29) is 23.9 Å². The van der Waals surface area contributed by atoms with Crippen molar-refractivity contribution in [3.63, 3.8) is 0 Å². The van der Waals surface area contributed by atoms with Gasteiger partial charge in [0.25, 0.3) is 0 Å². The van der Waals surface area contributed by atoms with Gasteiger partial charge in [-0.2, -0.15) is 0 Å². The Bertz CT molecular complexity index is 1600. The maximum atomic E-state index is 13.4. The van der Waals surface area contributed by atoms with Crippen LogP contribution in [-0.4, -0.2) is 42.4 Å². The lowest BCUT2D eigenvalue weighted by molar-refractivity contribution is -0.146. The van der Waals surface area contributed by atoms with Crippen LogP contribution in [0.2, 0.25) is 0 Å². The van der Waals surface area contributed by atoms with Crippen LogP contribution in [0.15, 0.2) is 66.4 Å². The molecule has 188 valence electrons. The molecule has 1 aliphatic rings. The van der Waals surface area contributed by atoms with Crippen LogP contribution in [0, 0.1) is 6.92 Å². The molecule has 0 saturated carbocycles. The molecule has 8 nitrogen and oxygen atoms in total. The first-order chi connectivity index (χ1) is 17.9. The molecule has 0 saturated heterocycles. The van der Waals surface area contributed by atoms with E-state index in [9.17, 15) is 14.4 Å². The number of carbonyl (C=O) groups excluding carboxylic acids is 3. The van der Waals surface area contributed by atoms with E-state index in [4.69, 9.17) is 14.3 Å². The van der Waals surface area contributed by atoms with Crippen LogP contribution in [0.4, 0.5) is 0 Å². The summed E-state index contributed by atoms with van der Waals surface area (Å²) in [4.78, 5) is 42.8. The number of allylic oxidation sites excluding steroid dienone is 1. The monoisotopic (exact) mass is 498 g/mol. The summed E-state index contributed by atoms with van der Waals surface area (Å²) in [6.45, 7) is 4.31. The molecule has 0 atom stereocenters. The van der Waals surface area contributed by atoms with Gasteiger partial charge < -0.3 is 18.9 Å². The van der Waals surface area contributed by atoms with Gasteiger partial charge in [0.1, 0.15) is 18.1 Å². The Morgan fingerprint density at radius 3 is 2.62 bits per heavy atom. The second-order valence-corrected chi connectivity index (χ2v) is 8.81. The molecular formula is C29H26N2O6. The third-order valence-electron chi connectivity index (χ3n) is 6.46. The topological polar surface area (TPSA) is 95.9 Å². The molecular weight excluding hydrogens is 472 g/mol. The highest BCUT2D eigenvalue weighted by Gasteiger charge is 2.26. The summed E-state index contributed by atoms with van der Waals surface area (Å²) in [5.41, 5.74) is 6.72. The number of carbonyl (C=O) groups is 3. The van der Waals surface area contributed by atoms with E-state index >= 15 is 0 Å². The normalized spacial score (nSPS) is 13.1. The number of ketones is 2. The Morgan fingerprint density at radius 1 is 1.08 bits per heavy atom. The number of nitrogens with one attached hydrogen (secondary N) is 1. The fourth-order valence-electron chi connectivity index (χ4n) is 4.70. The summed E-state index contributed by atoms with van der Waals surface area (Å²) in [6.07, 6.45) is 1.54. The summed E-state index contributed by atoms with van der Waals surface area (Å²) in [5.74, 6) is -0.589. The van der Waals surface area contributed by atoms with E-state index in [0.717, 1.165) is 27.4 Å². The molecule has 0 radical (unpaired) electrons. The molecule has 2 heterocycles. The van der Waals surface area contributed by atoms with E-state index < -0.39 is 5.97 Å². The number of nitrogens with zero attached hydrogens (tertiary/aromatic N) is 1. The minimum absolute atomic E-state index is 0.0775. The molecule has 0 unspecified atom stereocenters. The Morgan fingerprint density at radius 2 is 1.86 bits per heavy atom. The molecule has 5 rings (SSSR count). The van der Waals surface area contributed by atoms with Gasteiger partial charge in [-0.25, -0.2) is 5.48 Å². The average molecular weight is 499 g/mol. The van der Waals surface area contributed by atoms with Crippen LogP contribution in [0.25, 0.3) is 21.8 Å². The second kappa shape index (κ2) is 9.91. The van der Waals surface area contributed by atoms with Gasteiger partial charge in [0.2, 0.25) is 5.78 Å². The molecule has 0 spiro atoms. The Hall–Kier alpha value is -4.43. The highest BCUT2D eigenvalue weighted by atomic mass is 16.7. The van der Waals surface area contributed by atoms with Gasteiger partial charge in [0.05, 0.1) is 23.1 Å². The van der Waals surface area contributed by atoms with Crippen LogP contribution in [0.5, 0.6) is 5.75 Å². The molecule has 0 bridgehead atoms. The van der Waals surface area contributed by atoms with Crippen LogP contribution >= 0.6 is 0 Å². The van der Waals surface area contributed by atoms with Crippen molar-refractivity contribution in [2.45, 2.75) is 20.4 Å². The minimum atomic E-state index is -0.568. The molecule has 0 fully saturated rings. The first-order valence-corrected chi connectivity index (χ1v) is 11.9. The van der Waals surface area contributed by atoms with Crippen molar-refractivity contribution in [2.75, 3.05) is 20.3 Å². The number of hydrogen-bond donors (Lipinski definition) is 1. The van der Waals surface area contributed by atoms with Gasteiger partial charge in [-0.15, -0.1) is 0 Å². The lowest BCUT2D eigenvalue weighted by Crippen LogP contribution is -2.23. The molecule has 4 aromatic rings. The van der Waals surface area contributed by atoms with E-state index in [0.29, 0.717) is 35.6 Å². The molecule has 3 aromatic carbocycles. The predicted octanol–water partition coefficient (Wildman–Crippen LogP) is 4.51. The Balaban J connectivity index is 1.70. The average Bonchev–Trinajstić information content (AvgIpc) is 3.11. The summed E-state index contributed by atoms with van der Waals surface area (Å²) >= 11 is 0. The van der Waals surface area contributed by atoms with Gasteiger partial charge in [-0.05, 0) is 48.9 Å². The maximum absolute atomic E-state index is 13.4. The number of benzene rings is 3. The number of aromatic nitrogens is 1. The van der Waals surface area contributed by atoms with E-state index in [1.807, 2.05) is 55.5 Å². The van der Waals surface area contributed by atoms with Crippen molar-refractivity contribution in [3.8, 4) is 5.75 Å². The van der Waals surface area contributed by atoms with Crippen molar-refractivity contribution in [1.82, 2.24) is 10.0 Å². The Kier molecular flexibility index (Phi) is 6.50.